The fourth-order valence-electron chi connectivity index (χ4n) is 1.58. The molecule has 1 rings (SSSR count). The summed E-state index contributed by atoms with van der Waals surface area (Å²) in [6.07, 6.45) is 0.856. The van der Waals surface area contributed by atoms with E-state index < -0.39 is 5.97 Å². The summed E-state index contributed by atoms with van der Waals surface area (Å²) in [5, 5.41) is 8.90. The lowest BCUT2D eigenvalue weighted by Crippen LogP contribution is -2.43. The minimum atomic E-state index is -0.817. The first-order chi connectivity index (χ1) is 7.82. The molecule has 0 aromatic carbocycles. The molecule has 0 atom stereocenters. The first-order valence-corrected chi connectivity index (χ1v) is 5.87. The summed E-state index contributed by atoms with van der Waals surface area (Å²) in [5.41, 5.74) is -0.197. The summed E-state index contributed by atoms with van der Waals surface area (Å²) in [4.78, 5) is 12.7. The van der Waals surface area contributed by atoms with Gasteiger partial charge in [-0.05, 0) is 32.9 Å². The topological polar surface area (TPSA) is 53.7 Å². The second-order valence-electron chi connectivity index (χ2n) is 5.14. The molecule has 1 heterocycles. The highest BCUT2D eigenvalue weighted by Gasteiger charge is 2.24. The van der Waals surface area contributed by atoms with Crippen LogP contribution >= 0.6 is 0 Å². The zero-order valence-corrected chi connectivity index (χ0v) is 11.0. The molecule has 0 unspecified atom stereocenters. The molecule has 0 aliphatic heterocycles. The molecular formula is C13H21NO3. The Bertz CT molecular complexity index is 376. The summed E-state index contributed by atoms with van der Waals surface area (Å²) in [5.74, 6) is 0.935. The van der Waals surface area contributed by atoms with Crippen LogP contribution in [0.25, 0.3) is 0 Å². The van der Waals surface area contributed by atoms with Crippen molar-refractivity contribution in [3.05, 3.63) is 23.7 Å². The second kappa shape index (κ2) is 5.36. The molecule has 0 radical (unpaired) electrons. The molecular weight excluding hydrogens is 218 g/mol. The molecule has 1 N–H and O–H groups in total. The summed E-state index contributed by atoms with van der Waals surface area (Å²) < 4.78 is 5.61. The van der Waals surface area contributed by atoms with E-state index in [1.807, 2.05) is 44.7 Å². The molecule has 0 aliphatic rings. The zero-order valence-electron chi connectivity index (χ0n) is 11.0. The van der Waals surface area contributed by atoms with Crippen LogP contribution in [0.5, 0.6) is 0 Å². The Hall–Kier alpha value is -1.29. The van der Waals surface area contributed by atoms with E-state index in [1.165, 1.54) is 0 Å². The molecule has 0 saturated heterocycles. The van der Waals surface area contributed by atoms with Crippen molar-refractivity contribution in [2.45, 2.75) is 46.2 Å². The van der Waals surface area contributed by atoms with E-state index in [-0.39, 0.29) is 12.1 Å². The number of carboxylic acids is 1. The van der Waals surface area contributed by atoms with Crippen molar-refractivity contribution in [3.63, 3.8) is 0 Å². The first-order valence-electron chi connectivity index (χ1n) is 5.87. The number of rotatable bonds is 5. The highest BCUT2D eigenvalue weighted by Crippen LogP contribution is 2.18. The normalized spacial score (nSPS) is 12.1. The summed E-state index contributed by atoms with van der Waals surface area (Å²) in [7, 11) is 0. The van der Waals surface area contributed by atoms with Gasteiger partial charge in [-0.3, -0.25) is 9.69 Å². The van der Waals surface area contributed by atoms with Crippen LogP contribution in [0.2, 0.25) is 0 Å². The molecule has 1 aromatic rings. The van der Waals surface area contributed by atoms with Crippen molar-refractivity contribution in [2.75, 3.05) is 6.54 Å². The number of nitrogens with zero attached hydrogens (tertiary/aromatic N) is 1. The molecule has 17 heavy (non-hydrogen) atoms. The van der Waals surface area contributed by atoms with Gasteiger partial charge >= 0.3 is 5.97 Å². The maximum atomic E-state index is 10.8. The zero-order chi connectivity index (χ0) is 13.1. The van der Waals surface area contributed by atoms with Crippen molar-refractivity contribution >= 4 is 5.97 Å². The number of aryl methyl sites for hydroxylation is 1. The molecule has 0 aliphatic carbocycles. The minimum Gasteiger partial charge on any atom is -0.480 e. The predicted molar refractivity (Wildman–Crippen MR) is 65.9 cm³/mol. The highest BCUT2D eigenvalue weighted by atomic mass is 16.4. The lowest BCUT2D eigenvalue weighted by Gasteiger charge is -2.33. The fraction of sp³-hybridized carbons (Fsp3) is 0.615. The Morgan fingerprint density at radius 2 is 1.94 bits per heavy atom. The quantitative estimate of drug-likeness (QED) is 0.857. The number of aliphatic carboxylic acids is 1. The van der Waals surface area contributed by atoms with Crippen molar-refractivity contribution in [1.29, 1.82) is 0 Å². The minimum absolute atomic E-state index is 0.0195. The van der Waals surface area contributed by atoms with Crippen molar-refractivity contribution in [3.8, 4) is 0 Å². The Balaban J connectivity index is 2.75. The number of hydrogen-bond acceptors (Lipinski definition) is 3. The summed E-state index contributed by atoms with van der Waals surface area (Å²) in [6, 6.07) is 3.86. The molecule has 96 valence electrons. The van der Waals surface area contributed by atoms with Gasteiger partial charge in [0.2, 0.25) is 0 Å². The monoisotopic (exact) mass is 239 g/mol. The van der Waals surface area contributed by atoms with Gasteiger partial charge in [-0.15, -0.1) is 0 Å². The fourth-order valence-corrected chi connectivity index (χ4v) is 1.58. The molecule has 0 amide bonds. The molecule has 0 bridgehead atoms. The molecule has 4 heteroatoms. The largest absolute Gasteiger partial charge is 0.480 e. The van der Waals surface area contributed by atoms with Gasteiger partial charge < -0.3 is 9.52 Å². The van der Waals surface area contributed by atoms with Gasteiger partial charge in [0, 0.05) is 12.0 Å². The molecule has 1 aromatic heterocycles. The van der Waals surface area contributed by atoms with E-state index in [9.17, 15) is 4.79 Å². The standard InChI is InChI=1S/C13H21NO3/c1-5-10-6-7-11(17-10)8-14(9-12(15)16)13(2,3)4/h6-7H,5,8-9H2,1-4H3,(H,15,16). The first kappa shape index (κ1) is 13.8. The second-order valence-corrected chi connectivity index (χ2v) is 5.14. The maximum Gasteiger partial charge on any atom is 0.317 e. The van der Waals surface area contributed by atoms with Crippen molar-refractivity contribution in [2.24, 2.45) is 0 Å². The lowest BCUT2D eigenvalue weighted by molar-refractivity contribution is -0.140. The van der Waals surface area contributed by atoms with Crippen LogP contribution < -0.4 is 0 Å². The SMILES string of the molecule is CCc1ccc(CN(CC(=O)O)C(C)(C)C)o1. The third kappa shape index (κ3) is 4.23. The van der Waals surface area contributed by atoms with E-state index in [1.54, 1.807) is 0 Å². The van der Waals surface area contributed by atoms with Crippen molar-refractivity contribution < 1.29 is 14.3 Å². The van der Waals surface area contributed by atoms with Crippen LogP contribution in [0.4, 0.5) is 0 Å². The Morgan fingerprint density at radius 1 is 1.35 bits per heavy atom. The van der Waals surface area contributed by atoms with Gasteiger partial charge in [0.1, 0.15) is 11.5 Å². The Labute approximate surface area is 102 Å². The summed E-state index contributed by atoms with van der Waals surface area (Å²) in [6.45, 7) is 8.57. The predicted octanol–water partition coefficient (Wildman–Crippen LogP) is 2.53. The number of carboxylic acid groups (broad SMARTS) is 1. The van der Waals surface area contributed by atoms with Crippen LogP contribution in [0.15, 0.2) is 16.5 Å². The smallest absolute Gasteiger partial charge is 0.317 e. The molecule has 0 fully saturated rings. The molecule has 0 spiro atoms. The van der Waals surface area contributed by atoms with Crippen LogP contribution in [-0.2, 0) is 17.8 Å². The third-order valence-electron chi connectivity index (χ3n) is 2.69. The van der Waals surface area contributed by atoms with E-state index in [2.05, 4.69) is 0 Å². The number of hydrogen-bond donors (Lipinski definition) is 1. The number of furan rings is 1. The highest BCUT2D eigenvalue weighted by molar-refractivity contribution is 5.69. The van der Waals surface area contributed by atoms with Gasteiger partial charge in [-0.2, -0.15) is 0 Å². The average molecular weight is 239 g/mol. The maximum absolute atomic E-state index is 10.8. The average Bonchev–Trinajstić information content (AvgIpc) is 2.62. The van der Waals surface area contributed by atoms with Crippen LogP contribution in [0, 0.1) is 0 Å². The third-order valence-corrected chi connectivity index (χ3v) is 2.69. The summed E-state index contributed by atoms with van der Waals surface area (Å²) >= 11 is 0. The number of carbonyl (C=O) groups is 1. The van der Waals surface area contributed by atoms with Gasteiger partial charge in [0.25, 0.3) is 0 Å². The lowest BCUT2D eigenvalue weighted by atomic mass is 10.1. The van der Waals surface area contributed by atoms with Gasteiger partial charge in [0.15, 0.2) is 0 Å². The van der Waals surface area contributed by atoms with Crippen molar-refractivity contribution in [1.82, 2.24) is 4.90 Å². The molecule has 4 nitrogen and oxygen atoms in total. The van der Waals surface area contributed by atoms with Gasteiger partial charge in [0.05, 0.1) is 13.1 Å². The van der Waals surface area contributed by atoms with Gasteiger partial charge in [-0.25, -0.2) is 0 Å². The van der Waals surface area contributed by atoms with E-state index in [0.717, 1.165) is 17.9 Å². The van der Waals surface area contributed by atoms with Crippen LogP contribution in [0.1, 0.15) is 39.2 Å². The van der Waals surface area contributed by atoms with E-state index >= 15 is 0 Å². The van der Waals surface area contributed by atoms with E-state index in [4.69, 9.17) is 9.52 Å². The van der Waals surface area contributed by atoms with Crippen LogP contribution in [0.3, 0.4) is 0 Å². The van der Waals surface area contributed by atoms with Crippen LogP contribution in [-0.4, -0.2) is 28.1 Å². The Kier molecular flexibility index (Phi) is 4.34. The molecule has 0 saturated carbocycles. The van der Waals surface area contributed by atoms with Gasteiger partial charge in [-0.1, -0.05) is 6.92 Å². The Morgan fingerprint density at radius 3 is 2.35 bits per heavy atom. The van der Waals surface area contributed by atoms with E-state index in [0.29, 0.717) is 6.54 Å².